The fourth-order valence-electron chi connectivity index (χ4n) is 6.00. The molecule has 3 nitrogen and oxygen atoms in total. The second-order valence-electron chi connectivity index (χ2n) is 8.56. The Labute approximate surface area is 150 Å². The van der Waals surface area contributed by atoms with E-state index in [-0.39, 0.29) is 22.9 Å². The SMILES string of the molecule is CC(NC(=O)/C(C#N)=C\c1ccccc1)C12CC3CC(CC(C3)C1)C2. The third kappa shape index (κ3) is 3.11. The van der Waals surface area contributed by atoms with E-state index in [4.69, 9.17) is 0 Å². The predicted molar refractivity (Wildman–Crippen MR) is 98.2 cm³/mol. The van der Waals surface area contributed by atoms with Crippen LogP contribution in [-0.2, 0) is 4.79 Å². The van der Waals surface area contributed by atoms with Crippen molar-refractivity contribution in [3.8, 4) is 6.07 Å². The lowest BCUT2D eigenvalue weighted by Crippen LogP contribution is -2.55. The van der Waals surface area contributed by atoms with Crippen LogP contribution in [0.15, 0.2) is 35.9 Å². The topological polar surface area (TPSA) is 52.9 Å². The Balaban J connectivity index is 1.49. The molecule has 5 rings (SSSR count). The largest absolute Gasteiger partial charge is 0.348 e. The second-order valence-corrected chi connectivity index (χ2v) is 8.56. The Morgan fingerprint density at radius 3 is 2.24 bits per heavy atom. The summed E-state index contributed by atoms with van der Waals surface area (Å²) in [4.78, 5) is 12.7. The van der Waals surface area contributed by atoms with Gasteiger partial charge in [0.25, 0.3) is 5.91 Å². The monoisotopic (exact) mass is 334 g/mol. The molecule has 3 heteroatoms. The zero-order valence-electron chi connectivity index (χ0n) is 14.9. The highest BCUT2D eigenvalue weighted by Crippen LogP contribution is 2.61. The van der Waals surface area contributed by atoms with Crippen LogP contribution in [0, 0.1) is 34.5 Å². The molecule has 25 heavy (non-hydrogen) atoms. The van der Waals surface area contributed by atoms with Gasteiger partial charge in [-0.3, -0.25) is 4.79 Å². The molecule has 1 unspecified atom stereocenters. The van der Waals surface area contributed by atoms with Gasteiger partial charge in [0.05, 0.1) is 0 Å². The van der Waals surface area contributed by atoms with Crippen molar-refractivity contribution in [3.63, 3.8) is 0 Å². The summed E-state index contributed by atoms with van der Waals surface area (Å²) in [6, 6.07) is 11.8. The molecule has 0 spiro atoms. The molecule has 1 atom stereocenters. The molecule has 0 aliphatic heterocycles. The van der Waals surface area contributed by atoms with E-state index in [9.17, 15) is 10.1 Å². The average molecular weight is 334 g/mol. The number of carbonyl (C=O) groups is 1. The summed E-state index contributed by atoms with van der Waals surface area (Å²) in [6.07, 6.45) is 9.65. The molecule has 1 amide bonds. The molecular weight excluding hydrogens is 308 g/mol. The van der Waals surface area contributed by atoms with Gasteiger partial charge in [-0.15, -0.1) is 0 Å². The minimum Gasteiger partial charge on any atom is -0.348 e. The summed E-state index contributed by atoms with van der Waals surface area (Å²) in [7, 11) is 0. The van der Waals surface area contributed by atoms with Crippen molar-refractivity contribution in [2.24, 2.45) is 23.2 Å². The van der Waals surface area contributed by atoms with Crippen molar-refractivity contribution in [1.82, 2.24) is 5.32 Å². The first kappa shape index (κ1) is 16.4. The first-order chi connectivity index (χ1) is 12.1. The minimum absolute atomic E-state index is 0.140. The van der Waals surface area contributed by atoms with Crippen molar-refractivity contribution in [1.29, 1.82) is 5.26 Å². The van der Waals surface area contributed by atoms with Crippen molar-refractivity contribution in [2.45, 2.75) is 51.5 Å². The Kier molecular flexibility index (Phi) is 4.15. The minimum atomic E-state index is -0.227. The van der Waals surface area contributed by atoms with Gasteiger partial charge in [0, 0.05) is 6.04 Å². The van der Waals surface area contributed by atoms with Crippen molar-refractivity contribution in [3.05, 3.63) is 41.5 Å². The third-order valence-electron chi connectivity index (χ3n) is 6.83. The van der Waals surface area contributed by atoms with Crippen LogP contribution >= 0.6 is 0 Å². The lowest BCUT2D eigenvalue weighted by Gasteiger charge is -2.59. The molecule has 0 radical (unpaired) electrons. The first-order valence-corrected chi connectivity index (χ1v) is 9.56. The molecule has 4 saturated carbocycles. The molecule has 0 aromatic heterocycles. The molecule has 4 aliphatic carbocycles. The highest BCUT2D eigenvalue weighted by Gasteiger charge is 2.53. The van der Waals surface area contributed by atoms with E-state index in [0.717, 1.165) is 23.3 Å². The number of hydrogen-bond donors (Lipinski definition) is 1. The Bertz CT molecular complexity index is 693. The molecule has 0 heterocycles. The van der Waals surface area contributed by atoms with Crippen LogP contribution in [0.5, 0.6) is 0 Å². The smallest absolute Gasteiger partial charge is 0.262 e. The fraction of sp³-hybridized carbons (Fsp3) is 0.545. The highest BCUT2D eigenvalue weighted by atomic mass is 16.1. The van der Waals surface area contributed by atoms with E-state index >= 15 is 0 Å². The predicted octanol–water partition coefficient (Wildman–Crippen LogP) is 4.31. The van der Waals surface area contributed by atoms with Gasteiger partial charge >= 0.3 is 0 Å². The summed E-state index contributed by atoms with van der Waals surface area (Å²) in [5, 5.41) is 12.6. The maximum absolute atomic E-state index is 12.7. The quantitative estimate of drug-likeness (QED) is 0.659. The zero-order chi connectivity index (χ0) is 17.4. The van der Waals surface area contributed by atoms with Gasteiger partial charge < -0.3 is 5.32 Å². The van der Waals surface area contributed by atoms with Crippen molar-refractivity contribution < 1.29 is 4.79 Å². The second kappa shape index (κ2) is 6.33. The molecule has 130 valence electrons. The van der Waals surface area contributed by atoms with E-state index in [1.165, 1.54) is 38.5 Å². The number of nitriles is 1. The summed E-state index contributed by atoms with van der Waals surface area (Å²) >= 11 is 0. The highest BCUT2D eigenvalue weighted by molar-refractivity contribution is 6.01. The number of carbonyl (C=O) groups excluding carboxylic acids is 1. The molecule has 0 saturated heterocycles. The number of benzene rings is 1. The lowest BCUT2D eigenvalue weighted by atomic mass is 9.48. The maximum atomic E-state index is 12.7. The fourth-order valence-corrected chi connectivity index (χ4v) is 6.00. The summed E-state index contributed by atoms with van der Waals surface area (Å²) in [6.45, 7) is 2.16. The summed E-state index contributed by atoms with van der Waals surface area (Å²) in [5.74, 6) is 2.36. The summed E-state index contributed by atoms with van der Waals surface area (Å²) < 4.78 is 0. The van der Waals surface area contributed by atoms with E-state index in [1.807, 2.05) is 30.3 Å². The van der Waals surface area contributed by atoms with E-state index in [1.54, 1.807) is 6.08 Å². The molecular formula is C22H26N2O. The number of rotatable bonds is 4. The van der Waals surface area contributed by atoms with E-state index in [2.05, 4.69) is 18.3 Å². The van der Waals surface area contributed by atoms with Crippen molar-refractivity contribution >= 4 is 12.0 Å². The standard InChI is InChI=1S/C22H26N2O/c1-15(22-11-17-7-18(12-22)9-19(8-17)13-22)24-21(25)20(14-23)10-16-5-3-2-4-6-16/h2-6,10,15,17-19H,7-9,11-13H2,1H3,(H,24,25)/b20-10-. The van der Waals surface area contributed by atoms with Gasteiger partial charge in [-0.25, -0.2) is 0 Å². The van der Waals surface area contributed by atoms with Gasteiger partial charge in [0.15, 0.2) is 0 Å². The molecule has 1 aromatic carbocycles. The Hall–Kier alpha value is -2.08. The maximum Gasteiger partial charge on any atom is 0.262 e. The van der Waals surface area contributed by atoms with Crippen LogP contribution in [-0.4, -0.2) is 11.9 Å². The Morgan fingerprint density at radius 1 is 1.16 bits per heavy atom. The average Bonchev–Trinajstić information content (AvgIpc) is 2.59. The van der Waals surface area contributed by atoms with Crippen LogP contribution in [0.2, 0.25) is 0 Å². The van der Waals surface area contributed by atoms with Gasteiger partial charge in [0.1, 0.15) is 11.6 Å². The first-order valence-electron chi connectivity index (χ1n) is 9.56. The van der Waals surface area contributed by atoms with Gasteiger partial charge in [-0.1, -0.05) is 30.3 Å². The van der Waals surface area contributed by atoms with Crippen LogP contribution in [0.1, 0.15) is 51.0 Å². The van der Waals surface area contributed by atoms with Crippen LogP contribution in [0.3, 0.4) is 0 Å². The van der Waals surface area contributed by atoms with Crippen LogP contribution in [0.4, 0.5) is 0 Å². The van der Waals surface area contributed by atoms with Gasteiger partial charge in [-0.2, -0.15) is 5.26 Å². The zero-order valence-corrected chi connectivity index (χ0v) is 14.9. The molecule has 4 fully saturated rings. The molecule has 4 bridgehead atoms. The van der Waals surface area contributed by atoms with E-state index in [0.29, 0.717) is 0 Å². The Morgan fingerprint density at radius 2 is 1.72 bits per heavy atom. The normalized spacial score (nSPS) is 34.4. The number of nitrogens with zero attached hydrogens (tertiary/aromatic N) is 1. The summed E-state index contributed by atoms with van der Waals surface area (Å²) in [5.41, 5.74) is 1.34. The van der Waals surface area contributed by atoms with Crippen LogP contribution < -0.4 is 5.32 Å². The van der Waals surface area contributed by atoms with Gasteiger partial charge in [-0.05, 0) is 80.3 Å². The number of amides is 1. The molecule has 1 N–H and O–H groups in total. The number of nitrogens with one attached hydrogen (secondary N) is 1. The molecule has 4 aliphatic rings. The van der Waals surface area contributed by atoms with Gasteiger partial charge in [0.2, 0.25) is 0 Å². The van der Waals surface area contributed by atoms with Crippen molar-refractivity contribution in [2.75, 3.05) is 0 Å². The lowest BCUT2D eigenvalue weighted by molar-refractivity contribution is -0.121. The van der Waals surface area contributed by atoms with Crippen LogP contribution in [0.25, 0.3) is 6.08 Å². The van der Waals surface area contributed by atoms with E-state index < -0.39 is 0 Å². The third-order valence-corrected chi connectivity index (χ3v) is 6.83. The molecule has 1 aromatic rings. The number of hydrogen-bond acceptors (Lipinski definition) is 2.